The number of carboxylic acid groups (broad SMARTS) is 1. The number of benzene rings is 2. The van der Waals surface area contributed by atoms with Gasteiger partial charge in [-0.1, -0.05) is 48.5 Å². The summed E-state index contributed by atoms with van der Waals surface area (Å²) in [4.78, 5) is 35.9. The quantitative estimate of drug-likeness (QED) is 0.550. The predicted molar refractivity (Wildman–Crippen MR) is 125 cm³/mol. The molecule has 0 radical (unpaired) electrons. The Labute approximate surface area is 198 Å². The Balaban J connectivity index is 1.33. The molecule has 0 bridgehead atoms. The van der Waals surface area contributed by atoms with Crippen molar-refractivity contribution >= 4 is 18.0 Å². The van der Waals surface area contributed by atoms with Crippen LogP contribution in [0.25, 0.3) is 11.1 Å². The van der Waals surface area contributed by atoms with Crippen molar-refractivity contribution in [3.63, 3.8) is 0 Å². The summed E-state index contributed by atoms with van der Waals surface area (Å²) >= 11 is 0. The van der Waals surface area contributed by atoms with Gasteiger partial charge in [0.1, 0.15) is 6.61 Å². The Hall–Kier alpha value is -3.39. The van der Waals surface area contributed by atoms with E-state index in [1.165, 1.54) is 11.1 Å². The van der Waals surface area contributed by atoms with Crippen LogP contribution in [-0.4, -0.2) is 55.0 Å². The lowest BCUT2D eigenvalue weighted by Gasteiger charge is -2.32. The van der Waals surface area contributed by atoms with Crippen LogP contribution >= 0.6 is 0 Å². The van der Waals surface area contributed by atoms with Crippen molar-refractivity contribution in [2.75, 3.05) is 19.8 Å². The first-order valence-corrected chi connectivity index (χ1v) is 11.6. The second kappa shape index (κ2) is 10.7. The zero-order valence-electron chi connectivity index (χ0n) is 19.2. The van der Waals surface area contributed by atoms with Crippen molar-refractivity contribution in [3.8, 4) is 11.1 Å². The Morgan fingerprint density at radius 2 is 1.74 bits per heavy atom. The molecule has 0 saturated carbocycles. The van der Waals surface area contributed by atoms with E-state index in [-0.39, 0.29) is 43.2 Å². The van der Waals surface area contributed by atoms with Crippen molar-refractivity contribution in [1.29, 1.82) is 0 Å². The van der Waals surface area contributed by atoms with Crippen LogP contribution in [0.4, 0.5) is 4.79 Å². The zero-order chi connectivity index (χ0) is 24.1. The summed E-state index contributed by atoms with van der Waals surface area (Å²) in [5.41, 5.74) is 4.62. The Bertz CT molecular complexity index is 1010. The van der Waals surface area contributed by atoms with Crippen LogP contribution < -0.4 is 10.6 Å². The first kappa shape index (κ1) is 23.8. The van der Waals surface area contributed by atoms with Gasteiger partial charge in [0, 0.05) is 36.9 Å². The van der Waals surface area contributed by atoms with Gasteiger partial charge in [-0.15, -0.1) is 0 Å². The molecular formula is C26H30N2O6. The van der Waals surface area contributed by atoms with E-state index < -0.39 is 18.1 Å². The van der Waals surface area contributed by atoms with Crippen molar-refractivity contribution in [3.05, 3.63) is 59.7 Å². The van der Waals surface area contributed by atoms with E-state index in [2.05, 4.69) is 34.9 Å². The van der Waals surface area contributed by atoms with E-state index in [0.29, 0.717) is 19.6 Å². The molecule has 3 unspecified atom stereocenters. The average Bonchev–Trinajstić information content (AvgIpc) is 3.12. The first-order chi connectivity index (χ1) is 16.4. The molecule has 3 N–H and O–H groups in total. The number of rotatable bonds is 8. The summed E-state index contributed by atoms with van der Waals surface area (Å²) in [6, 6.07) is 15.6. The zero-order valence-corrected chi connectivity index (χ0v) is 19.2. The lowest BCUT2D eigenvalue weighted by molar-refractivity contribution is -0.137. The molecule has 2 aromatic rings. The Morgan fingerprint density at radius 3 is 2.38 bits per heavy atom. The summed E-state index contributed by atoms with van der Waals surface area (Å²) in [6.07, 6.45) is 0.0535. The van der Waals surface area contributed by atoms with Gasteiger partial charge in [0.15, 0.2) is 0 Å². The summed E-state index contributed by atoms with van der Waals surface area (Å²) < 4.78 is 11.2. The summed E-state index contributed by atoms with van der Waals surface area (Å²) in [7, 11) is 0. The van der Waals surface area contributed by atoms with Gasteiger partial charge >= 0.3 is 12.1 Å². The van der Waals surface area contributed by atoms with Crippen molar-refractivity contribution in [2.24, 2.45) is 5.92 Å². The third-order valence-corrected chi connectivity index (χ3v) is 6.46. The molecule has 2 aliphatic rings. The number of hydrogen-bond acceptors (Lipinski definition) is 5. The van der Waals surface area contributed by atoms with Gasteiger partial charge in [-0.2, -0.15) is 0 Å². The highest BCUT2D eigenvalue weighted by atomic mass is 16.5. The van der Waals surface area contributed by atoms with Crippen LogP contribution in [-0.2, 0) is 19.1 Å². The molecule has 2 amide bonds. The number of amides is 2. The highest BCUT2D eigenvalue weighted by molar-refractivity contribution is 5.79. The van der Waals surface area contributed by atoms with E-state index in [9.17, 15) is 14.4 Å². The second-order valence-electron chi connectivity index (χ2n) is 8.97. The minimum Gasteiger partial charge on any atom is -0.481 e. The van der Waals surface area contributed by atoms with Gasteiger partial charge < -0.3 is 25.2 Å². The van der Waals surface area contributed by atoms with Crippen molar-refractivity contribution in [1.82, 2.24) is 10.6 Å². The topological polar surface area (TPSA) is 114 Å². The van der Waals surface area contributed by atoms with Gasteiger partial charge in [0.2, 0.25) is 5.91 Å². The minimum atomic E-state index is -0.969. The maximum Gasteiger partial charge on any atom is 0.407 e. The standard InChI is InChI=1S/C26H30N2O6/c1-16(12-25(30)31)27-24(29)13-17-14-33-11-10-23(17)28-26(32)34-15-22-20-8-4-2-6-18(20)19-7-3-5-9-21(19)22/h2-9,16-17,22-23H,10-15H2,1H3,(H,27,29)(H,28,32)(H,30,31). The van der Waals surface area contributed by atoms with Gasteiger partial charge in [-0.3, -0.25) is 9.59 Å². The Kier molecular flexibility index (Phi) is 7.47. The predicted octanol–water partition coefficient (Wildman–Crippen LogP) is 3.30. The van der Waals surface area contributed by atoms with E-state index in [1.807, 2.05) is 24.3 Å². The summed E-state index contributed by atoms with van der Waals surface area (Å²) in [6.45, 7) is 2.70. The van der Waals surface area contributed by atoms with Gasteiger partial charge in [0.25, 0.3) is 0 Å². The largest absolute Gasteiger partial charge is 0.481 e. The van der Waals surface area contributed by atoms with E-state index in [4.69, 9.17) is 14.6 Å². The average molecular weight is 467 g/mol. The SMILES string of the molecule is CC(CC(=O)O)NC(=O)CC1COCCC1NC(=O)OCC1c2ccccc2-c2ccccc21. The van der Waals surface area contributed by atoms with Crippen molar-refractivity contribution < 1.29 is 29.0 Å². The molecular weight excluding hydrogens is 436 g/mol. The number of ether oxygens (including phenoxy) is 2. The van der Waals surface area contributed by atoms with Crippen molar-refractivity contribution in [2.45, 2.75) is 44.2 Å². The molecule has 34 heavy (non-hydrogen) atoms. The number of carbonyl (C=O) groups excluding carboxylic acids is 2. The molecule has 3 atom stereocenters. The highest BCUT2D eigenvalue weighted by Crippen LogP contribution is 2.44. The monoisotopic (exact) mass is 466 g/mol. The summed E-state index contributed by atoms with van der Waals surface area (Å²) in [5.74, 6) is -1.47. The highest BCUT2D eigenvalue weighted by Gasteiger charge is 2.32. The third kappa shape index (κ3) is 5.56. The molecule has 1 aliphatic heterocycles. The molecule has 4 rings (SSSR count). The summed E-state index contributed by atoms with van der Waals surface area (Å²) in [5, 5.41) is 14.5. The molecule has 1 aliphatic carbocycles. The van der Waals surface area contributed by atoms with E-state index >= 15 is 0 Å². The van der Waals surface area contributed by atoms with Crippen LogP contribution in [0.1, 0.15) is 43.2 Å². The van der Waals surface area contributed by atoms with Crippen LogP contribution in [0.5, 0.6) is 0 Å². The number of fused-ring (bicyclic) bond motifs is 3. The maximum absolute atomic E-state index is 12.7. The fourth-order valence-electron chi connectivity index (χ4n) is 4.86. The minimum absolute atomic E-state index is 0.0230. The van der Waals surface area contributed by atoms with Crippen LogP contribution in [0.3, 0.4) is 0 Å². The van der Waals surface area contributed by atoms with Gasteiger partial charge in [-0.05, 0) is 35.6 Å². The molecule has 2 aromatic carbocycles. The first-order valence-electron chi connectivity index (χ1n) is 11.6. The van der Waals surface area contributed by atoms with Crippen LogP contribution in [0, 0.1) is 5.92 Å². The van der Waals surface area contributed by atoms with Gasteiger partial charge in [-0.25, -0.2) is 4.79 Å². The fourth-order valence-corrected chi connectivity index (χ4v) is 4.86. The number of hydrogen-bond donors (Lipinski definition) is 3. The lowest BCUT2D eigenvalue weighted by Crippen LogP contribution is -2.48. The number of alkyl carbamates (subject to hydrolysis) is 1. The Morgan fingerprint density at radius 1 is 1.09 bits per heavy atom. The van der Waals surface area contributed by atoms with Gasteiger partial charge in [0.05, 0.1) is 13.0 Å². The molecule has 8 nitrogen and oxygen atoms in total. The fraction of sp³-hybridized carbons (Fsp3) is 0.423. The molecule has 0 spiro atoms. The van der Waals surface area contributed by atoms with Crippen LogP contribution in [0.15, 0.2) is 48.5 Å². The smallest absolute Gasteiger partial charge is 0.407 e. The molecule has 0 aromatic heterocycles. The lowest BCUT2D eigenvalue weighted by atomic mass is 9.92. The molecule has 1 heterocycles. The molecule has 8 heteroatoms. The maximum atomic E-state index is 12.7. The number of nitrogens with one attached hydrogen (secondary N) is 2. The van der Waals surface area contributed by atoms with E-state index in [0.717, 1.165) is 11.1 Å². The normalized spacial score (nSPS) is 20.0. The van der Waals surface area contributed by atoms with Crippen LogP contribution in [0.2, 0.25) is 0 Å². The third-order valence-electron chi connectivity index (χ3n) is 6.46. The molecule has 1 fully saturated rings. The number of carbonyl (C=O) groups is 3. The number of aliphatic carboxylic acids is 1. The number of carboxylic acids is 1. The molecule has 180 valence electrons. The van der Waals surface area contributed by atoms with E-state index in [1.54, 1.807) is 6.92 Å². The second-order valence-corrected chi connectivity index (χ2v) is 8.97. The molecule has 1 saturated heterocycles.